The first-order valence-corrected chi connectivity index (χ1v) is 13.7. The molecule has 2 heterocycles. The molecule has 0 saturated heterocycles. The first kappa shape index (κ1) is 25.6. The molecule has 40 heavy (non-hydrogen) atoms. The van der Waals surface area contributed by atoms with E-state index in [-0.39, 0.29) is 5.82 Å². The molecule has 0 aliphatic carbocycles. The third-order valence-corrected chi connectivity index (χ3v) is 7.27. The monoisotopic (exact) mass is 552 g/mol. The Kier molecular flexibility index (Phi) is 7.45. The Labute approximate surface area is 235 Å². The van der Waals surface area contributed by atoms with Crippen LogP contribution in [0.2, 0.25) is 0 Å². The number of nitrogens with one attached hydrogen (secondary N) is 1. The number of fused-ring (bicyclic) bond motifs is 3. The Morgan fingerprint density at radius 1 is 0.900 bits per heavy atom. The van der Waals surface area contributed by atoms with Crippen molar-refractivity contribution in [2.75, 3.05) is 12.4 Å². The summed E-state index contributed by atoms with van der Waals surface area (Å²) in [5.41, 5.74) is 4.45. The summed E-state index contributed by atoms with van der Waals surface area (Å²) in [6.45, 7) is 0.356. The van der Waals surface area contributed by atoms with Gasteiger partial charge >= 0.3 is 0 Å². The zero-order chi connectivity index (χ0) is 27.3. The van der Waals surface area contributed by atoms with Crippen LogP contribution in [0.15, 0.2) is 102 Å². The van der Waals surface area contributed by atoms with Gasteiger partial charge in [0.25, 0.3) is 0 Å². The minimum Gasteiger partial charge on any atom is -0.493 e. The average Bonchev–Trinajstić information content (AvgIpc) is 3.16. The summed E-state index contributed by atoms with van der Waals surface area (Å²) in [7, 11) is 1.61. The van der Waals surface area contributed by atoms with E-state index in [2.05, 4.69) is 15.5 Å². The normalized spacial score (nSPS) is 13.7. The van der Waals surface area contributed by atoms with E-state index in [1.807, 2.05) is 72.8 Å². The Hall–Kier alpha value is -4.63. The van der Waals surface area contributed by atoms with Crippen molar-refractivity contribution in [2.24, 2.45) is 0 Å². The van der Waals surface area contributed by atoms with Gasteiger partial charge in [-0.05, 0) is 35.4 Å². The maximum Gasteiger partial charge on any atom is 0.247 e. The van der Waals surface area contributed by atoms with Crippen LogP contribution in [0.3, 0.4) is 0 Å². The van der Waals surface area contributed by atoms with Crippen LogP contribution >= 0.6 is 11.8 Å². The van der Waals surface area contributed by atoms with Crippen LogP contribution in [0.4, 0.5) is 10.1 Å². The SMILES string of the molecule is COc1cccc(C2Nc3ccccc3-c3nnc(SCc4ccccc4F)nc3O2)c1OCc1ccccc1. The summed E-state index contributed by atoms with van der Waals surface area (Å²) >= 11 is 1.29. The van der Waals surface area contributed by atoms with Gasteiger partial charge in [0.05, 0.1) is 12.7 Å². The van der Waals surface area contributed by atoms with E-state index in [1.54, 1.807) is 25.3 Å². The molecule has 6 rings (SSSR count). The first-order chi connectivity index (χ1) is 19.7. The second-order valence-corrected chi connectivity index (χ2v) is 9.91. The Morgan fingerprint density at radius 3 is 2.55 bits per heavy atom. The second-order valence-electron chi connectivity index (χ2n) is 8.97. The van der Waals surface area contributed by atoms with Crippen LogP contribution in [0.25, 0.3) is 11.3 Å². The van der Waals surface area contributed by atoms with Crippen molar-refractivity contribution in [2.45, 2.75) is 23.7 Å². The Bertz CT molecular complexity index is 1640. The number of thioether (sulfide) groups is 1. The van der Waals surface area contributed by atoms with Crippen molar-refractivity contribution in [1.82, 2.24) is 15.2 Å². The van der Waals surface area contributed by atoms with Gasteiger partial charge in [-0.25, -0.2) is 4.39 Å². The van der Waals surface area contributed by atoms with Crippen molar-refractivity contribution in [1.29, 1.82) is 0 Å². The van der Waals surface area contributed by atoms with Gasteiger partial charge in [0.1, 0.15) is 12.4 Å². The fraction of sp³-hybridized carbons (Fsp3) is 0.129. The third kappa shape index (κ3) is 5.41. The van der Waals surface area contributed by atoms with Crippen LogP contribution in [0.5, 0.6) is 17.4 Å². The number of halogens is 1. The topological polar surface area (TPSA) is 78.4 Å². The predicted octanol–water partition coefficient (Wildman–Crippen LogP) is 7.06. The zero-order valence-corrected chi connectivity index (χ0v) is 22.4. The van der Waals surface area contributed by atoms with Crippen LogP contribution in [-0.2, 0) is 12.4 Å². The summed E-state index contributed by atoms with van der Waals surface area (Å²) < 4.78 is 32.6. The number of benzene rings is 4. The fourth-order valence-corrected chi connectivity index (χ4v) is 5.16. The van der Waals surface area contributed by atoms with Crippen LogP contribution in [0, 0.1) is 5.82 Å². The number of rotatable bonds is 8. The summed E-state index contributed by atoms with van der Waals surface area (Å²) in [6, 6.07) is 30.0. The van der Waals surface area contributed by atoms with Gasteiger partial charge in [-0.15, -0.1) is 10.2 Å². The minimum atomic E-state index is -0.676. The van der Waals surface area contributed by atoms with E-state index >= 15 is 0 Å². The van der Waals surface area contributed by atoms with E-state index < -0.39 is 6.23 Å². The van der Waals surface area contributed by atoms with E-state index in [1.165, 1.54) is 17.8 Å². The molecule has 5 aromatic rings. The standard InChI is InChI=1S/C31H25FN4O3S/c1-37-26-17-9-14-23(28(26)38-18-20-10-3-2-4-11-20)29-33-25-16-8-6-13-22(25)27-30(39-29)34-31(36-35-27)40-19-21-12-5-7-15-24(21)32/h2-17,29,33H,18-19H2,1H3. The largest absolute Gasteiger partial charge is 0.493 e. The Balaban J connectivity index is 1.35. The average molecular weight is 553 g/mol. The van der Waals surface area contributed by atoms with E-state index in [0.717, 1.165) is 22.4 Å². The molecule has 0 spiro atoms. The van der Waals surface area contributed by atoms with Gasteiger partial charge in [-0.1, -0.05) is 84.6 Å². The van der Waals surface area contributed by atoms with Crippen molar-refractivity contribution >= 4 is 17.4 Å². The molecule has 1 aliphatic heterocycles. The van der Waals surface area contributed by atoms with Gasteiger partial charge in [0.2, 0.25) is 17.3 Å². The molecule has 0 bridgehead atoms. The van der Waals surface area contributed by atoms with Crippen LogP contribution in [-0.4, -0.2) is 22.3 Å². The lowest BCUT2D eigenvalue weighted by atomic mass is 10.1. The molecule has 1 atom stereocenters. The fourth-order valence-electron chi connectivity index (χ4n) is 4.39. The molecular formula is C31H25FN4O3S. The molecule has 0 saturated carbocycles. The molecule has 4 aromatic carbocycles. The lowest BCUT2D eigenvalue weighted by Crippen LogP contribution is -2.18. The summed E-state index contributed by atoms with van der Waals surface area (Å²) in [4.78, 5) is 4.69. The molecule has 1 aliphatic rings. The highest BCUT2D eigenvalue weighted by Gasteiger charge is 2.29. The predicted molar refractivity (Wildman–Crippen MR) is 152 cm³/mol. The summed E-state index contributed by atoms with van der Waals surface area (Å²) in [5.74, 6) is 1.54. The van der Waals surface area contributed by atoms with Gasteiger partial charge < -0.3 is 19.5 Å². The van der Waals surface area contributed by atoms with Crippen molar-refractivity contribution in [3.8, 4) is 28.6 Å². The highest BCUT2D eigenvalue weighted by molar-refractivity contribution is 7.98. The molecule has 1 unspecified atom stereocenters. The number of methoxy groups -OCH3 is 1. The van der Waals surface area contributed by atoms with E-state index in [9.17, 15) is 4.39 Å². The number of aromatic nitrogens is 3. The van der Waals surface area contributed by atoms with Crippen molar-refractivity contribution < 1.29 is 18.6 Å². The second kappa shape index (κ2) is 11.6. The number of hydrogen-bond acceptors (Lipinski definition) is 8. The van der Waals surface area contributed by atoms with Gasteiger partial charge in [-0.3, -0.25) is 0 Å². The number of anilines is 1. The summed E-state index contributed by atoms with van der Waals surface area (Å²) in [6.07, 6.45) is -0.676. The molecule has 1 N–H and O–H groups in total. The number of ether oxygens (including phenoxy) is 3. The first-order valence-electron chi connectivity index (χ1n) is 12.7. The van der Waals surface area contributed by atoms with E-state index in [4.69, 9.17) is 19.2 Å². The van der Waals surface area contributed by atoms with Crippen LogP contribution in [0.1, 0.15) is 22.9 Å². The molecule has 1 aromatic heterocycles. The van der Waals surface area contributed by atoms with Crippen molar-refractivity contribution in [3.63, 3.8) is 0 Å². The van der Waals surface area contributed by atoms with Crippen molar-refractivity contribution in [3.05, 3.63) is 120 Å². The lowest BCUT2D eigenvalue weighted by molar-refractivity contribution is 0.211. The van der Waals surface area contributed by atoms with Crippen LogP contribution < -0.4 is 19.5 Å². The smallest absolute Gasteiger partial charge is 0.247 e. The van der Waals surface area contributed by atoms with Gasteiger partial charge in [0.15, 0.2) is 17.2 Å². The maximum absolute atomic E-state index is 14.2. The van der Waals surface area contributed by atoms with Gasteiger partial charge in [0, 0.05) is 17.0 Å². The van der Waals surface area contributed by atoms with Gasteiger partial charge in [-0.2, -0.15) is 4.98 Å². The lowest BCUT2D eigenvalue weighted by Gasteiger charge is -2.23. The quantitative estimate of drug-likeness (QED) is 0.205. The summed E-state index contributed by atoms with van der Waals surface area (Å²) in [5, 5.41) is 12.6. The molecule has 0 amide bonds. The zero-order valence-electron chi connectivity index (χ0n) is 21.6. The molecule has 7 nitrogen and oxygen atoms in total. The highest BCUT2D eigenvalue weighted by Crippen LogP contribution is 2.43. The molecular weight excluding hydrogens is 527 g/mol. The number of hydrogen-bond donors (Lipinski definition) is 1. The number of nitrogens with zero attached hydrogens (tertiary/aromatic N) is 3. The third-order valence-electron chi connectivity index (χ3n) is 6.39. The Morgan fingerprint density at radius 2 is 1.70 bits per heavy atom. The maximum atomic E-state index is 14.2. The number of para-hydroxylation sites is 2. The minimum absolute atomic E-state index is 0.270. The van der Waals surface area contributed by atoms with E-state index in [0.29, 0.717) is 46.2 Å². The molecule has 0 fully saturated rings. The molecule has 0 radical (unpaired) electrons. The molecule has 200 valence electrons. The highest BCUT2D eigenvalue weighted by atomic mass is 32.2. The molecule has 9 heteroatoms.